The molecule has 0 amide bonds. The lowest BCUT2D eigenvalue weighted by Crippen LogP contribution is -2.21. The maximum absolute atomic E-state index is 10.8. The fourth-order valence-electron chi connectivity index (χ4n) is 3.80. The van der Waals surface area contributed by atoms with Gasteiger partial charge in [-0.3, -0.25) is 0 Å². The van der Waals surface area contributed by atoms with E-state index in [1.54, 1.807) is 0 Å². The summed E-state index contributed by atoms with van der Waals surface area (Å²) in [7, 11) is 1.45. The fraction of sp³-hybridized carbons (Fsp3) is 0.821. The van der Waals surface area contributed by atoms with Crippen molar-refractivity contribution in [2.75, 3.05) is 7.11 Å². The van der Waals surface area contributed by atoms with Crippen LogP contribution in [0.15, 0.2) is 24.3 Å². The lowest BCUT2D eigenvalue weighted by Gasteiger charge is -2.07. The summed E-state index contributed by atoms with van der Waals surface area (Å²) in [6.07, 6.45) is 31.0. The molecular formula is C28H52O3. The molecule has 1 unspecified atom stereocenters. The molecule has 0 rings (SSSR count). The maximum atomic E-state index is 10.8. The fourth-order valence-corrected chi connectivity index (χ4v) is 3.80. The number of methoxy groups -OCH3 is 1. The molecule has 3 nitrogen and oxygen atoms in total. The van der Waals surface area contributed by atoms with Crippen LogP contribution in [0, 0.1) is 5.92 Å². The molecule has 0 aliphatic carbocycles. The lowest BCUT2D eigenvalue weighted by molar-refractivity contribution is -0.148. The molecule has 0 radical (unpaired) electrons. The van der Waals surface area contributed by atoms with E-state index in [1.165, 1.54) is 97.0 Å². The summed E-state index contributed by atoms with van der Waals surface area (Å²) >= 11 is 0. The highest BCUT2D eigenvalue weighted by Crippen LogP contribution is 2.15. The van der Waals surface area contributed by atoms with Crippen LogP contribution in [0.1, 0.15) is 129 Å². The van der Waals surface area contributed by atoms with Gasteiger partial charge in [0.05, 0.1) is 0 Å². The van der Waals surface area contributed by atoms with E-state index < -0.39 is 12.1 Å². The molecule has 0 aliphatic heterocycles. The minimum absolute atomic E-state index is 0.538. The summed E-state index contributed by atoms with van der Waals surface area (Å²) in [5.41, 5.74) is 0. The Morgan fingerprint density at radius 1 is 0.710 bits per heavy atom. The van der Waals surface area contributed by atoms with Gasteiger partial charge in [-0.25, -0.2) is 4.79 Å². The van der Waals surface area contributed by atoms with Crippen LogP contribution in [0.5, 0.6) is 0 Å². The molecule has 1 N–H and O–H groups in total. The summed E-state index contributed by atoms with van der Waals surface area (Å²) in [5, 5.41) is 8.89. The van der Waals surface area contributed by atoms with Gasteiger partial charge in [-0.2, -0.15) is 0 Å². The van der Waals surface area contributed by atoms with E-state index >= 15 is 0 Å². The van der Waals surface area contributed by atoms with Crippen LogP contribution in [0.4, 0.5) is 0 Å². The number of rotatable bonds is 23. The third-order valence-corrected chi connectivity index (χ3v) is 6.25. The van der Waals surface area contributed by atoms with E-state index in [-0.39, 0.29) is 0 Å². The Hall–Kier alpha value is -1.09. The highest BCUT2D eigenvalue weighted by Gasteiger charge is 2.14. The first-order valence-electron chi connectivity index (χ1n) is 13.2. The molecule has 0 aromatic heterocycles. The number of carboxylic acid groups (broad SMARTS) is 1. The molecule has 2 atom stereocenters. The standard InChI is InChI=1S/C28H52O3/c1-4-26(2)24-22-20-18-16-14-12-10-8-6-5-7-9-11-13-15-17-19-21-23-25-27(31-3)28(29)30/h11,13,19,21,26-27H,4-10,12,14-18,20,22-25H2,1-3H3,(H,29,30)/b13-11-,21-19-/t26?,27-/m1/s1. The van der Waals surface area contributed by atoms with Gasteiger partial charge in [-0.15, -0.1) is 0 Å². The first kappa shape index (κ1) is 29.9. The highest BCUT2D eigenvalue weighted by molar-refractivity contribution is 5.72. The predicted molar refractivity (Wildman–Crippen MR) is 135 cm³/mol. The zero-order chi connectivity index (χ0) is 23.0. The maximum Gasteiger partial charge on any atom is 0.332 e. The van der Waals surface area contributed by atoms with Crippen molar-refractivity contribution in [2.24, 2.45) is 5.92 Å². The summed E-state index contributed by atoms with van der Waals surface area (Å²) in [6, 6.07) is 0. The Bertz CT molecular complexity index is 442. The summed E-state index contributed by atoms with van der Waals surface area (Å²) in [6.45, 7) is 4.68. The van der Waals surface area contributed by atoms with Crippen LogP contribution in [-0.4, -0.2) is 24.3 Å². The number of carbonyl (C=O) groups is 1. The molecule has 3 heteroatoms. The molecule has 0 aromatic rings. The van der Waals surface area contributed by atoms with Crippen molar-refractivity contribution in [2.45, 2.75) is 136 Å². The molecule has 0 saturated heterocycles. The van der Waals surface area contributed by atoms with Gasteiger partial charge in [0.15, 0.2) is 6.10 Å². The van der Waals surface area contributed by atoms with E-state index in [4.69, 9.17) is 9.84 Å². The monoisotopic (exact) mass is 436 g/mol. The van der Waals surface area contributed by atoms with Crippen molar-refractivity contribution >= 4 is 5.97 Å². The average molecular weight is 437 g/mol. The Morgan fingerprint density at radius 2 is 1.16 bits per heavy atom. The first-order valence-corrected chi connectivity index (χ1v) is 13.2. The van der Waals surface area contributed by atoms with E-state index in [0.717, 1.165) is 25.2 Å². The lowest BCUT2D eigenvalue weighted by atomic mass is 9.99. The van der Waals surface area contributed by atoms with Crippen LogP contribution in [-0.2, 0) is 9.53 Å². The van der Waals surface area contributed by atoms with Gasteiger partial charge in [0, 0.05) is 7.11 Å². The Morgan fingerprint density at radius 3 is 1.65 bits per heavy atom. The number of allylic oxidation sites excluding steroid dienone is 4. The van der Waals surface area contributed by atoms with Gasteiger partial charge in [-0.1, -0.05) is 115 Å². The SMILES string of the molecule is CCC(C)CCCCCCCCCCCCC/C=C\CC/C=C\CC[C@@H](OC)C(=O)O. The minimum atomic E-state index is -0.878. The molecule has 182 valence electrons. The molecule has 0 aromatic carbocycles. The molecule has 0 heterocycles. The van der Waals surface area contributed by atoms with Crippen molar-refractivity contribution in [1.82, 2.24) is 0 Å². The minimum Gasteiger partial charge on any atom is -0.479 e. The Kier molecular flexibility index (Phi) is 22.7. The molecule has 0 aliphatic rings. The normalized spacial score (nSPS) is 13.9. The van der Waals surface area contributed by atoms with Gasteiger partial charge < -0.3 is 9.84 Å². The quantitative estimate of drug-likeness (QED) is 0.128. The topological polar surface area (TPSA) is 46.5 Å². The smallest absolute Gasteiger partial charge is 0.332 e. The number of hydrogen-bond donors (Lipinski definition) is 1. The second kappa shape index (κ2) is 23.6. The van der Waals surface area contributed by atoms with Crippen LogP contribution < -0.4 is 0 Å². The average Bonchev–Trinajstić information content (AvgIpc) is 2.76. The van der Waals surface area contributed by atoms with E-state index in [1.807, 2.05) is 0 Å². The Balaban J connectivity index is 3.27. The van der Waals surface area contributed by atoms with Crippen LogP contribution in [0.25, 0.3) is 0 Å². The molecule has 0 fully saturated rings. The molecular weight excluding hydrogens is 384 g/mol. The van der Waals surface area contributed by atoms with Crippen molar-refractivity contribution < 1.29 is 14.6 Å². The van der Waals surface area contributed by atoms with Crippen molar-refractivity contribution in [3.8, 4) is 0 Å². The third-order valence-electron chi connectivity index (χ3n) is 6.25. The van der Waals surface area contributed by atoms with Crippen LogP contribution in [0.2, 0.25) is 0 Å². The van der Waals surface area contributed by atoms with E-state index in [2.05, 4.69) is 38.2 Å². The molecule has 31 heavy (non-hydrogen) atoms. The highest BCUT2D eigenvalue weighted by atomic mass is 16.5. The number of carboxylic acids is 1. The van der Waals surface area contributed by atoms with Gasteiger partial charge in [0.1, 0.15) is 0 Å². The molecule has 0 saturated carbocycles. The Labute approximate surface area is 193 Å². The van der Waals surface area contributed by atoms with Crippen molar-refractivity contribution in [1.29, 1.82) is 0 Å². The summed E-state index contributed by atoms with van der Waals surface area (Å²) < 4.78 is 4.92. The number of hydrogen-bond acceptors (Lipinski definition) is 2. The number of unbranched alkanes of at least 4 members (excludes halogenated alkanes) is 12. The van der Waals surface area contributed by atoms with Crippen LogP contribution in [0.3, 0.4) is 0 Å². The predicted octanol–water partition coefficient (Wildman–Crippen LogP) is 8.88. The summed E-state index contributed by atoms with van der Waals surface area (Å²) in [5.74, 6) is 0.0444. The second-order valence-electron chi connectivity index (χ2n) is 9.14. The molecule has 0 spiro atoms. The van der Waals surface area contributed by atoms with E-state index in [0.29, 0.717) is 6.42 Å². The number of aliphatic carboxylic acids is 1. The van der Waals surface area contributed by atoms with Gasteiger partial charge >= 0.3 is 5.97 Å². The second-order valence-corrected chi connectivity index (χ2v) is 9.14. The zero-order valence-electron chi connectivity index (χ0n) is 21.0. The van der Waals surface area contributed by atoms with Crippen molar-refractivity contribution in [3.05, 3.63) is 24.3 Å². The number of ether oxygens (including phenoxy) is 1. The summed E-state index contributed by atoms with van der Waals surface area (Å²) in [4.78, 5) is 10.8. The largest absolute Gasteiger partial charge is 0.479 e. The third kappa shape index (κ3) is 21.9. The first-order chi connectivity index (χ1) is 15.1. The van der Waals surface area contributed by atoms with Crippen LogP contribution >= 0.6 is 0 Å². The van der Waals surface area contributed by atoms with Crippen molar-refractivity contribution in [3.63, 3.8) is 0 Å². The molecule has 0 bridgehead atoms. The van der Waals surface area contributed by atoms with Gasteiger partial charge in [-0.05, 0) is 44.4 Å². The van der Waals surface area contributed by atoms with E-state index in [9.17, 15) is 4.79 Å². The zero-order valence-corrected chi connectivity index (χ0v) is 21.0. The van der Waals surface area contributed by atoms with Gasteiger partial charge in [0.25, 0.3) is 0 Å². The van der Waals surface area contributed by atoms with Gasteiger partial charge in [0.2, 0.25) is 0 Å².